The van der Waals surface area contributed by atoms with E-state index in [1.54, 1.807) is 0 Å². The fourth-order valence-corrected chi connectivity index (χ4v) is 9.07. The SMILES string of the molecule is c1ccc(-c2ccc(-c3ccc4c(c3)c3cc(-c5ccc(-c6ccccc6)cc5)ccc3n4-c3ccc(-c4nnc5c6ccccc6c6ccccc6n45)cc3)cc2)cc1. The van der Waals surface area contributed by atoms with Crippen molar-refractivity contribution in [2.45, 2.75) is 0 Å². The van der Waals surface area contributed by atoms with Gasteiger partial charge in [0.2, 0.25) is 0 Å². The highest BCUT2D eigenvalue weighted by atomic mass is 15.2. The topological polar surface area (TPSA) is 35.1 Å². The summed E-state index contributed by atoms with van der Waals surface area (Å²) < 4.78 is 4.60. The third kappa shape index (κ3) is 5.53. The number of fused-ring (bicyclic) bond motifs is 9. The molecule has 0 saturated carbocycles. The summed E-state index contributed by atoms with van der Waals surface area (Å²) in [6.07, 6.45) is 0. The van der Waals surface area contributed by atoms with E-state index in [1.165, 1.54) is 66.1 Å². The van der Waals surface area contributed by atoms with Gasteiger partial charge in [-0.1, -0.05) is 164 Å². The quantitative estimate of drug-likeness (QED) is 0.158. The van der Waals surface area contributed by atoms with Gasteiger partial charge in [-0.15, -0.1) is 10.2 Å². The van der Waals surface area contributed by atoms with Crippen LogP contribution in [0.3, 0.4) is 0 Å². The number of aromatic nitrogens is 4. The molecule has 0 N–H and O–H groups in total. The van der Waals surface area contributed by atoms with Crippen LogP contribution in [-0.2, 0) is 0 Å². The Balaban J connectivity index is 0.989. The van der Waals surface area contributed by atoms with Crippen molar-refractivity contribution in [3.8, 4) is 61.6 Å². The van der Waals surface area contributed by atoms with Gasteiger partial charge in [-0.25, -0.2) is 0 Å². The second kappa shape index (κ2) is 13.8. The fraction of sp³-hybridized carbons (Fsp3) is 0. The average molecular weight is 765 g/mol. The number of hydrogen-bond donors (Lipinski definition) is 0. The summed E-state index contributed by atoms with van der Waals surface area (Å²) in [4.78, 5) is 0. The van der Waals surface area contributed by atoms with Gasteiger partial charge >= 0.3 is 0 Å². The van der Waals surface area contributed by atoms with Gasteiger partial charge in [0.1, 0.15) is 0 Å². The van der Waals surface area contributed by atoms with Crippen molar-refractivity contribution < 1.29 is 0 Å². The molecule has 0 radical (unpaired) electrons. The highest BCUT2D eigenvalue weighted by Crippen LogP contribution is 2.39. The summed E-state index contributed by atoms with van der Waals surface area (Å²) in [5.41, 5.74) is 16.0. The molecule has 0 saturated heterocycles. The van der Waals surface area contributed by atoms with Gasteiger partial charge in [0.15, 0.2) is 11.5 Å². The molecule has 0 atom stereocenters. The molecule has 0 spiro atoms. The van der Waals surface area contributed by atoms with Crippen molar-refractivity contribution in [3.63, 3.8) is 0 Å². The first-order chi connectivity index (χ1) is 29.7. The Bertz CT molecular complexity index is 3410. The second-order valence-electron chi connectivity index (χ2n) is 15.5. The molecule has 4 heteroatoms. The fourth-order valence-electron chi connectivity index (χ4n) is 9.07. The minimum absolute atomic E-state index is 0.826. The molecule has 9 aromatic carbocycles. The number of para-hydroxylation sites is 1. The molecule has 4 nitrogen and oxygen atoms in total. The zero-order valence-corrected chi connectivity index (χ0v) is 32.6. The maximum Gasteiger partial charge on any atom is 0.169 e. The molecule has 3 aromatic heterocycles. The van der Waals surface area contributed by atoms with Gasteiger partial charge in [0.05, 0.1) is 16.6 Å². The minimum atomic E-state index is 0.826. The van der Waals surface area contributed by atoms with E-state index in [0.29, 0.717) is 0 Å². The molecule has 3 heterocycles. The lowest BCUT2D eigenvalue weighted by Gasteiger charge is -2.11. The third-order valence-electron chi connectivity index (χ3n) is 12.1. The van der Waals surface area contributed by atoms with Crippen LogP contribution in [0.15, 0.2) is 218 Å². The summed E-state index contributed by atoms with van der Waals surface area (Å²) in [6.45, 7) is 0. The predicted molar refractivity (Wildman–Crippen MR) is 250 cm³/mol. The van der Waals surface area contributed by atoms with E-state index in [-0.39, 0.29) is 0 Å². The van der Waals surface area contributed by atoms with Crippen LogP contribution in [0.4, 0.5) is 0 Å². The standard InChI is InChI=1S/C56H36N4/c1-3-11-37(12-4-1)39-19-23-41(24-20-39)44-29-33-53-50(35-44)51-36-45(42-25-21-40(22-26-42)38-13-5-2-6-14-38)30-34-54(51)59(53)46-31-27-43(28-32-46)55-57-58-56-49-17-8-7-15-47(49)48-16-9-10-18-52(48)60(55)56/h1-36H. The summed E-state index contributed by atoms with van der Waals surface area (Å²) in [5, 5.41) is 15.4. The van der Waals surface area contributed by atoms with Crippen molar-refractivity contribution in [2.75, 3.05) is 0 Å². The maximum absolute atomic E-state index is 4.79. The van der Waals surface area contributed by atoms with E-state index in [1.807, 2.05) is 0 Å². The van der Waals surface area contributed by atoms with E-state index >= 15 is 0 Å². The van der Waals surface area contributed by atoms with Gasteiger partial charge < -0.3 is 4.57 Å². The van der Waals surface area contributed by atoms with Crippen LogP contribution in [0, 0.1) is 0 Å². The van der Waals surface area contributed by atoms with Crippen molar-refractivity contribution in [2.24, 2.45) is 0 Å². The second-order valence-corrected chi connectivity index (χ2v) is 15.5. The minimum Gasteiger partial charge on any atom is -0.309 e. The highest BCUT2D eigenvalue weighted by molar-refractivity contribution is 6.13. The van der Waals surface area contributed by atoms with Crippen LogP contribution >= 0.6 is 0 Å². The molecule has 0 aliphatic carbocycles. The van der Waals surface area contributed by atoms with Crippen LogP contribution in [0.2, 0.25) is 0 Å². The monoisotopic (exact) mass is 764 g/mol. The Morgan fingerprint density at radius 2 is 0.683 bits per heavy atom. The first kappa shape index (κ1) is 34.0. The highest BCUT2D eigenvalue weighted by Gasteiger charge is 2.18. The van der Waals surface area contributed by atoms with Gasteiger partial charge in [0.25, 0.3) is 0 Å². The molecule has 0 bridgehead atoms. The number of nitrogens with zero attached hydrogens (tertiary/aromatic N) is 4. The first-order valence-corrected chi connectivity index (χ1v) is 20.4. The lowest BCUT2D eigenvalue weighted by atomic mass is 9.97. The molecule has 0 amide bonds. The van der Waals surface area contributed by atoms with Gasteiger partial charge in [-0.05, 0) is 104 Å². The Labute approximate surface area is 346 Å². The molecule has 0 fully saturated rings. The number of pyridine rings is 1. The predicted octanol–water partition coefficient (Wildman–Crippen LogP) is 14.5. The molecule has 12 aromatic rings. The normalized spacial score (nSPS) is 11.7. The van der Waals surface area contributed by atoms with Crippen molar-refractivity contribution in [1.82, 2.24) is 19.2 Å². The Morgan fingerprint density at radius 1 is 0.267 bits per heavy atom. The van der Waals surface area contributed by atoms with Gasteiger partial charge in [-0.3, -0.25) is 4.40 Å². The van der Waals surface area contributed by atoms with Crippen molar-refractivity contribution in [3.05, 3.63) is 218 Å². The van der Waals surface area contributed by atoms with E-state index in [9.17, 15) is 0 Å². The largest absolute Gasteiger partial charge is 0.309 e. The Hall–Kier alpha value is -8.08. The number of benzene rings is 9. The van der Waals surface area contributed by atoms with Crippen molar-refractivity contribution >= 4 is 49.1 Å². The lowest BCUT2D eigenvalue weighted by molar-refractivity contribution is 1.11. The van der Waals surface area contributed by atoms with Gasteiger partial charge in [0, 0.05) is 32.8 Å². The summed E-state index contributed by atoms with van der Waals surface area (Å²) in [5.74, 6) is 0.826. The molecular weight excluding hydrogens is 729 g/mol. The average Bonchev–Trinajstić information content (AvgIpc) is 3.92. The Kier molecular flexibility index (Phi) is 7.82. The molecule has 60 heavy (non-hydrogen) atoms. The third-order valence-corrected chi connectivity index (χ3v) is 12.1. The van der Waals surface area contributed by atoms with E-state index in [4.69, 9.17) is 10.2 Å². The smallest absolute Gasteiger partial charge is 0.169 e. The molecule has 12 rings (SSSR count). The Morgan fingerprint density at radius 3 is 1.23 bits per heavy atom. The van der Waals surface area contributed by atoms with Crippen LogP contribution in [-0.4, -0.2) is 19.2 Å². The molecule has 280 valence electrons. The first-order valence-electron chi connectivity index (χ1n) is 20.4. The van der Waals surface area contributed by atoms with Crippen LogP contribution < -0.4 is 0 Å². The van der Waals surface area contributed by atoms with E-state index < -0.39 is 0 Å². The summed E-state index contributed by atoms with van der Waals surface area (Å²) in [7, 11) is 0. The van der Waals surface area contributed by atoms with E-state index in [2.05, 4.69) is 227 Å². The van der Waals surface area contributed by atoms with Crippen LogP contribution in [0.5, 0.6) is 0 Å². The zero-order valence-electron chi connectivity index (χ0n) is 32.6. The van der Waals surface area contributed by atoms with Gasteiger partial charge in [-0.2, -0.15) is 0 Å². The zero-order chi connectivity index (χ0) is 39.6. The van der Waals surface area contributed by atoms with E-state index in [0.717, 1.165) is 44.7 Å². The summed E-state index contributed by atoms with van der Waals surface area (Å²) in [6, 6.07) is 78.5. The maximum atomic E-state index is 4.79. The number of hydrogen-bond acceptors (Lipinski definition) is 2. The lowest BCUT2D eigenvalue weighted by Crippen LogP contribution is -1.96. The summed E-state index contributed by atoms with van der Waals surface area (Å²) >= 11 is 0. The number of rotatable bonds is 6. The molecule has 0 unspecified atom stereocenters. The van der Waals surface area contributed by atoms with Crippen LogP contribution in [0.25, 0.3) is 111 Å². The molecular formula is C56H36N4. The molecule has 0 aliphatic rings. The van der Waals surface area contributed by atoms with Crippen LogP contribution in [0.1, 0.15) is 0 Å². The molecule has 0 aliphatic heterocycles. The van der Waals surface area contributed by atoms with Crippen molar-refractivity contribution in [1.29, 1.82) is 0 Å².